The van der Waals surface area contributed by atoms with Crippen molar-refractivity contribution < 1.29 is 4.79 Å². The van der Waals surface area contributed by atoms with Crippen LogP contribution in [0.5, 0.6) is 0 Å². The molecule has 0 fully saturated rings. The lowest BCUT2D eigenvalue weighted by molar-refractivity contribution is 0.104. The van der Waals surface area contributed by atoms with E-state index in [9.17, 15) is 4.79 Å². The van der Waals surface area contributed by atoms with Crippen molar-refractivity contribution in [3.63, 3.8) is 0 Å². The lowest BCUT2D eigenvalue weighted by Gasteiger charge is -1.94. The minimum Gasteiger partial charge on any atom is -0.287 e. The Balaban J connectivity index is 2.38. The highest BCUT2D eigenvalue weighted by Gasteiger charge is 2.14. The average Bonchev–Trinajstić information content (AvgIpc) is 2.73. The van der Waals surface area contributed by atoms with Crippen LogP contribution in [0.2, 0.25) is 4.34 Å². The third-order valence-electron chi connectivity index (χ3n) is 1.87. The first-order valence-corrected chi connectivity index (χ1v) is 6.10. The third-order valence-corrected chi connectivity index (χ3v) is 4.11. The molecule has 1 nitrogen and oxygen atoms in total. The number of hydrogen-bond donors (Lipinski definition) is 0. The molecular formula is C10H7ClOS2. The van der Waals surface area contributed by atoms with Crippen LogP contribution < -0.4 is 0 Å². The van der Waals surface area contributed by atoms with Crippen molar-refractivity contribution >= 4 is 40.1 Å². The molecule has 2 rings (SSSR count). The van der Waals surface area contributed by atoms with Crippen LogP contribution in [0.1, 0.15) is 20.1 Å². The van der Waals surface area contributed by atoms with E-state index in [1.807, 2.05) is 18.4 Å². The van der Waals surface area contributed by atoms with Crippen molar-refractivity contribution in [2.24, 2.45) is 0 Å². The quantitative estimate of drug-likeness (QED) is 0.728. The predicted molar refractivity (Wildman–Crippen MR) is 61.8 cm³/mol. The van der Waals surface area contributed by atoms with E-state index in [2.05, 4.69) is 0 Å². The lowest BCUT2D eigenvalue weighted by atomic mass is 10.2. The van der Waals surface area contributed by atoms with Gasteiger partial charge in [0.1, 0.15) is 0 Å². The number of hydrogen-bond acceptors (Lipinski definition) is 3. The second kappa shape index (κ2) is 3.85. The highest BCUT2D eigenvalue weighted by atomic mass is 35.5. The van der Waals surface area contributed by atoms with Gasteiger partial charge in [0.05, 0.1) is 14.1 Å². The first-order valence-electron chi connectivity index (χ1n) is 4.02. The molecule has 0 saturated heterocycles. The second-order valence-electron chi connectivity index (χ2n) is 2.87. The van der Waals surface area contributed by atoms with Gasteiger partial charge in [-0.3, -0.25) is 4.79 Å². The van der Waals surface area contributed by atoms with Crippen molar-refractivity contribution in [3.05, 3.63) is 43.2 Å². The molecular weight excluding hydrogens is 236 g/mol. The molecule has 0 bridgehead atoms. The molecule has 0 aliphatic carbocycles. The summed E-state index contributed by atoms with van der Waals surface area (Å²) < 4.78 is 0.655. The smallest absolute Gasteiger partial charge is 0.213 e. The number of halogens is 1. The minimum absolute atomic E-state index is 0.0781. The van der Waals surface area contributed by atoms with Crippen molar-refractivity contribution in [3.8, 4) is 0 Å². The molecule has 0 spiro atoms. The van der Waals surface area contributed by atoms with Crippen LogP contribution in [0.25, 0.3) is 0 Å². The van der Waals surface area contributed by atoms with Crippen molar-refractivity contribution in [1.82, 2.24) is 0 Å². The largest absolute Gasteiger partial charge is 0.287 e. The van der Waals surface area contributed by atoms with Crippen molar-refractivity contribution in [2.45, 2.75) is 6.92 Å². The van der Waals surface area contributed by atoms with Crippen LogP contribution in [-0.4, -0.2) is 5.78 Å². The summed E-state index contributed by atoms with van der Waals surface area (Å²) in [5.74, 6) is 0.0781. The summed E-state index contributed by atoms with van der Waals surface area (Å²) in [5.41, 5.74) is 1.03. The minimum atomic E-state index is 0.0781. The zero-order valence-corrected chi connectivity index (χ0v) is 9.80. The van der Waals surface area contributed by atoms with Crippen molar-refractivity contribution in [1.29, 1.82) is 0 Å². The molecule has 4 heteroatoms. The highest BCUT2D eigenvalue weighted by Crippen LogP contribution is 2.26. The Labute approximate surface area is 95.0 Å². The highest BCUT2D eigenvalue weighted by molar-refractivity contribution is 7.19. The fourth-order valence-electron chi connectivity index (χ4n) is 1.15. The van der Waals surface area contributed by atoms with E-state index in [-0.39, 0.29) is 5.78 Å². The van der Waals surface area contributed by atoms with Crippen LogP contribution in [0.3, 0.4) is 0 Å². The van der Waals surface area contributed by atoms with Gasteiger partial charge in [0.15, 0.2) is 0 Å². The van der Waals surface area contributed by atoms with Gasteiger partial charge < -0.3 is 0 Å². The Morgan fingerprint density at radius 1 is 1.36 bits per heavy atom. The summed E-state index contributed by atoms with van der Waals surface area (Å²) in [6.45, 7) is 1.94. The van der Waals surface area contributed by atoms with E-state index in [1.54, 1.807) is 12.1 Å². The maximum Gasteiger partial charge on any atom is 0.213 e. The van der Waals surface area contributed by atoms with Gasteiger partial charge in [-0.1, -0.05) is 11.6 Å². The van der Waals surface area contributed by atoms with E-state index in [4.69, 9.17) is 11.6 Å². The molecule has 72 valence electrons. The first-order chi connectivity index (χ1) is 6.68. The molecule has 0 N–H and O–H groups in total. The van der Waals surface area contributed by atoms with Gasteiger partial charge in [0.2, 0.25) is 5.78 Å². The topological polar surface area (TPSA) is 17.1 Å². The molecule has 0 radical (unpaired) electrons. The molecule has 0 aliphatic heterocycles. The summed E-state index contributed by atoms with van der Waals surface area (Å²) in [6.07, 6.45) is 0. The molecule has 0 unspecified atom stereocenters. The maximum atomic E-state index is 11.9. The monoisotopic (exact) mass is 242 g/mol. The Morgan fingerprint density at radius 2 is 2.14 bits per heavy atom. The zero-order chi connectivity index (χ0) is 10.1. The Kier molecular flexibility index (Phi) is 2.72. The standard InChI is InChI=1S/C10H7ClOS2/c1-6-4-5-13-10(6)9(12)7-2-3-8(11)14-7/h2-5H,1H3. The Hall–Kier alpha value is -0.640. The Morgan fingerprint density at radius 3 is 2.64 bits per heavy atom. The summed E-state index contributed by atoms with van der Waals surface area (Å²) in [7, 11) is 0. The van der Waals surface area contributed by atoms with Crippen LogP contribution in [0, 0.1) is 6.92 Å². The molecule has 0 aromatic carbocycles. The number of carbonyl (C=O) groups is 1. The van der Waals surface area contributed by atoms with E-state index in [0.29, 0.717) is 9.21 Å². The van der Waals surface area contributed by atoms with E-state index < -0.39 is 0 Å². The zero-order valence-electron chi connectivity index (χ0n) is 7.41. The number of thiophene rings is 2. The summed E-state index contributed by atoms with van der Waals surface area (Å²) >= 11 is 8.58. The molecule has 0 saturated carbocycles. The van der Waals surface area contributed by atoms with Gasteiger partial charge in [-0.2, -0.15) is 0 Å². The second-order valence-corrected chi connectivity index (χ2v) is 5.50. The van der Waals surface area contributed by atoms with E-state index in [0.717, 1.165) is 10.4 Å². The van der Waals surface area contributed by atoms with Crippen molar-refractivity contribution in [2.75, 3.05) is 0 Å². The molecule has 0 amide bonds. The van der Waals surface area contributed by atoms with Gasteiger partial charge in [-0.15, -0.1) is 22.7 Å². The average molecular weight is 243 g/mol. The van der Waals surface area contributed by atoms with Crippen LogP contribution in [-0.2, 0) is 0 Å². The SMILES string of the molecule is Cc1ccsc1C(=O)c1ccc(Cl)s1. The van der Waals surface area contributed by atoms with Gasteiger partial charge in [0, 0.05) is 0 Å². The van der Waals surface area contributed by atoms with Gasteiger partial charge in [-0.05, 0) is 36.1 Å². The molecule has 14 heavy (non-hydrogen) atoms. The van der Waals surface area contributed by atoms with Crippen LogP contribution in [0.15, 0.2) is 23.6 Å². The van der Waals surface area contributed by atoms with Crippen LogP contribution >= 0.6 is 34.3 Å². The van der Waals surface area contributed by atoms with Gasteiger partial charge >= 0.3 is 0 Å². The molecule has 2 aromatic heterocycles. The van der Waals surface area contributed by atoms with Gasteiger partial charge in [0.25, 0.3) is 0 Å². The fraction of sp³-hybridized carbons (Fsp3) is 0.100. The number of ketones is 1. The van der Waals surface area contributed by atoms with E-state index in [1.165, 1.54) is 22.7 Å². The van der Waals surface area contributed by atoms with Gasteiger partial charge in [-0.25, -0.2) is 0 Å². The summed E-state index contributed by atoms with van der Waals surface area (Å²) in [4.78, 5) is 13.4. The maximum absolute atomic E-state index is 11.9. The van der Waals surface area contributed by atoms with E-state index >= 15 is 0 Å². The molecule has 0 atom stereocenters. The first kappa shape index (κ1) is 9.90. The van der Waals surface area contributed by atoms with Crippen LogP contribution in [0.4, 0.5) is 0 Å². The Bertz CT molecular complexity index is 470. The molecule has 2 aromatic rings. The number of aryl methyl sites for hydroxylation is 1. The number of carbonyl (C=O) groups excluding carboxylic acids is 1. The summed E-state index contributed by atoms with van der Waals surface area (Å²) in [6, 6.07) is 5.48. The number of rotatable bonds is 2. The lowest BCUT2D eigenvalue weighted by Crippen LogP contribution is -1.96. The normalized spacial score (nSPS) is 10.4. The summed E-state index contributed by atoms with van der Waals surface area (Å²) in [5, 5.41) is 1.93. The fourth-order valence-corrected chi connectivity index (χ4v) is 3.09. The molecule has 0 aliphatic rings. The third kappa shape index (κ3) is 1.75. The predicted octanol–water partition coefficient (Wildman–Crippen LogP) is 4.00. The molecule has 2 heterocycles.